The molecule has 0 amide bonds. The Bertz CT molecular complexity index is 529. The molecule has 1 N–H and O–H groups in total. The van der Waals surface area contributed by atoms with Crippen molar-refractivity contribution in [1.29, 1.82) is 0 Å². The number of aliphatic carboxylic acids is 1. The Labute approximate surface area is 119 Å². The van der Waals surface area contributed by atoms with Crippen LogP contribution in [0, 0.1) is 0 Å². The second kappa shape index (κ2) is 6.94. The van der Waals surface area contributed by atoms with Gasteiger partial charge in [-0.05, 0) is 42.5 Å². The van der Waals surface area contributed by atoms with Gasteiger partial charge in [-0.15, -0.1) is 0 Å². The maximum absolute atomic E-state index is 10.6. The van der Waals surface area contributed by atoms with Crippen LogP contribution in [0.2, 0.25) is 0 Å². The lowest BCUT2D eigenvalue weighted by molar-refractivity contribution is -0.137. The van der Waals surface area contributed by atoms with E-state index in [9.17, 15) is 4.79 Å². The molecular formula is C17H20O3. The van der Waals surface area contributed by atoms with Gasteiger partial charge in [0.05, 0.1) is 0 Å². The van der Waals surface area contributed by atoms with Crippen LogP contribution in [-0.4, -0.2) is 11.1 Å². The summed E-state index contributed by atoms with van der Waals surface area (Å²) in [5, 5.41) is 8.74. The molecule has 20 heavy (non-hydrogen) atoms. The summed E-state index contributed by atoms with van der Waals surface area (Å²) in [4.78, 5) is 10.6. The standard InChI is InChI=1S/C17H20O3/c1-13(10-11-17(18)19)14-6-5-9-16(12-14)20-15-7-3-2-4-8-15/h2-3,5-7,9,12-13H,4,8,10-11H2,1H3,(H,18,19). The first-order valence-corrected chi connectivity index (χ1v) is 7.00. The van der Waals surface area contributed by atoms with Crippen molar-refractivity contribution in [3.05, 3.63) is 53.8 Å². The number of hydrogen-bond acceptors (Lipinski definition) is 2. The van der Waals surface area contributed by atoms with E-state index in [0.29, 0.717) is 6.42 Å². The smallest absolute Gasteiger partial charge is 0.303 e. The lowest BCUT2D eigenvalue weighted by atomic mass is 9.96. The van der Waals surface area contributed by atoms with Crippen LogP contribution in [0.4, 0.5) is 0 Å². The summed E-state index contributed by atoms with van der Waals surface area (Å²) in [6.07, 6.45) is 8.90. The number of ether oxygens (including phenoxy) is 1. The van der Waals surface area contributed by atoms with Crippen molar-refractivity contribution in [2.24, 2.45) is 0 Å². The van der Waals surface area contributed by atoms with Gasteiger partial charge in [-0.1, -0.05) is 31.2 Å². The third kappa shape index (κ3) is 4.26. The molecule has 0 spiro atoms. The minimum Gasteiger partial charge on any atom is -0.481 e. The van der Waals surface area contributed by atoms with Gasteiger partial charge in [0.2, 0.25) is 0 Å². The minimum atomic E-state index is -0.747. The van der Waals surface area contributed by atoms with Crippen molar-refractivity contribution in [1.82, 2.24) is 0 Å². The number of rotatable bonds is 6. The number of carboxylic acid groups (broad SMARTS) is 1. The average Bonchev–Trinajstić information content (AvgIpc) is 2.46. The van der Waals surface area contributed by atoms with E-state index in [-0.39, 0.29) is 12.3 Å². The van der Waals surface area contributed by atoms with Gasteiger partial charge in [0.1, 0.15) is 11.5 Å². The summed E-state index contributed by atoms with van der Waals surface area (Å²) in [6.45, 7) is 2.05. The molecule has 3 nitrogen and oxygen atoms in total. The maximum atomic E-state index is 10.6. The topological polar surface area (TPSA) is 46.5 Å². The first-order valence-electron chi connectivity index (χ1n) is 7.00. The minimum absolute atomic E-state index is 0.197. The number of allylic oxidation sites excluding steroid dienone is 4. The van der Waals surface area contributed by atoms with Gasteiger partial charge in [0.25, 0.3) is 0 Å². The summed E-state index contributed by atoms with van der Waals surface area (Å²) in [6, 6.07) is 7.92. The highest BCUT2D eigenvalue weighted by Gasteiger charge is 2.10. The van der Waals surface area contributed by atoms with Gasteiger partial charge in [0, 0.05) is 12.8 Å². The number of hydrogen-bond donors (Lipinski definition) is 1. The van der Waals surface area contributed by atoms with Crippen LogP contribution < -0.4 is 4.74 Å². The van der Waals surface area contributed by atoms with Crippen LogP contribution in [0.25, 0.3) is 0 Å². The van der Waals surface area contributed by atoms with Crippen molar-refractivity contribution >= 4 is 5.97 Å². The fourth-order valence-electron chi connectivity index (χ4n) is 2.21. The zero-order valence-electron chi connectivity index (χ0n) is 11.7. The SMILES string of the molecule is CC(CCC(=O)O)c1cccc(OC2=CC=CCC2)c1. The maximum Gasteiger partial charge on any atom is 0.303 e. The first kappa shape index (κ1) is 14.4. The van der Waals surface area contributed by atoms with Crippen molar-refractivity contribution in [3.63, 3.8) is 0 Å². The Kier molecular flexibility index (Phi) is 4.99. The molecule has 106 valence electrons. The van der Waals surface area contributed by atoms with Crippen LogP contribution in [-0.2, 0) is 4.79 Å². The number of carbonyl (C=O) groups is 1. The number of benzene rings is 1. The van der Waals surface area contributed by atoms with E-state index in [1.54, 1.807) is 0 Å². The molecule has 0 saturated heterocycles. The molecule has 0 bridgehead atoms. The van der Waals surface area contributed by atoms with Crippen LogP contribution in [0.5, 0.6) is 5.75 Å². The van der Waals surface area contributed by atoms with Crippen LogP contribution in [0.3, 0.4) is 0 Å². The largest absolute Gasteiger partial charge is 0.481 e. The molecule has 2 rings (SSSR count). The monoisotopic (exact) mass is 272 g/mol. The Hall–Kier alpha value is -2.03. The molecule has 1 aromatic carbocycles. The van der Waals surface area contributed by atoms with Crippen LogP contribution >= 0.6 is 0 Å². The van der Waals surface area contributed by atoms with Crippen LogP contribution in [0.15, 0.2) is 48.3 Å². The third-order valence-electron chi connectivity index (χ3n) is 3.44. The summed E-state index contributed by atoms with van der Waals surface area (Å²) < 4.78 is 5.87. The average molecular weight is 272 g/mol. The molecule has 1 aliphatic rings. The van der Waals surface area contributed by atoms with Gasteiger partial charge < -0.3 is 9.84 Å². The molecule has 1 unspecified atom stereocenters. The molecule has 1 atom stereocenters. The summed E-state index contributed by atoms with van der Waals surface area (Å²) in [5.74, 6) is 1.27. The molecule has 3 heteroatoms. The molecule has 0 saturated carbocycles. The Morgan fingerprint density at radius 2 is 2.30 bits per heavy atom. The molecule has 0 heterocycles. The van der Waals surface area contributed by atoms with Crippen molar-refractivity contribution in [2.45, 2.75) is 38.5 Å². The third-order valence-corrected chi connectivity index (χ3v) is 3.44. The van der Waals surface area contributed by atoms with Gasteiger partial charge in [0.15, 0.2) is 0 Å². The van der Waals surface area contributed by atoms with Crippen LogP contribution in [0.1, 0.15) is 44.1 Å². The zero-order chi connectivity index (χ0) is 14.4. The molecule has 0 radical (unpaired) electrons. The predicted octanol–water partition coefficient (Wildman–Crippen LogP) is 4.27. The van der Waals surface area contributed by atoms with Crippen molar-refractivity contribution in [2.75, 3.05) is 0 Å². The van der Waals surface area contributed by atoms with Gasteiger partial charge in [-0.25, -0.2) is 0 Å². The van der Waals surface area contributed by atoms with E-state index in [4.69, 9.17) is 9.84 Å². The van der Waals surface area contributed by atoms with Gasteiger partial charge in [-0.3, -0.25) is 4.79 Å². The van der Waals surface area contributed by atoms with Gasteiger partial charge in [-0.2, -0.15) is 0 Å². The first-order chi connectivity index (χ1) is 9.65. The molecule has 1 aliphatic carbocycles. The van der Waals surface area contributed by atoms with Gasteiger partial charge >= 0.3 is 5.97 Å². The summed E-state index contributed by atoms with van der Waals surface area (Å²) in [5.41, 5.74) is 1.12. The summed E-state index contributed by atoms with van der Waals surface area (Å²) >= 11 is 0. The second-order valence-electron chi connectivity index (χ2n) is 5.11. The normalized spacial score (nSPS) is 15.6. The molecule has 1 aromatic rings. The van der Waals surface area contributed by atoms with E-state index >= 15 is 0 Å². The van der Waals surface area contributed by atoms with E-state index < -0.39 is 5.97 Å². The van der Waals surface area contributed by atoms with Crippen molar-refractivity contribution in [3.8, 4) is 5.75 Å². The lowest BCUT2D eigenvalue weighted by Gasteiger charge is -2.14. The molecule has 0 aliphatic heterocycles. The Balaban J connectivity index is 2.01. The van der Waals surface area contributed by atoms with E-state index in [0.717, 1.165) is 29.9 Å². The summed E-state index contributed by atoms with van der Waals surface area (Å²) in [7, 11) is 0. The Morgan fingerprint density at radius 3 is 3.00 bits per heavy atom. The highest BCUT2D eigenvalue weighted by Crippen LogP contribution is 2.26. The quantitative estimate of drug-likeness (QED) is 0.841. The second-order valence-corrected chi connectivity index (χ2v) is 5.11. The van der Waals surface area contributed by atoms with E-state index in [1.807, 2.05) is 43.3 Å². The fourth-order valence-corrected chi connectivity index (χ4v) is 2.21. The highest BCUT2D eigenvalue weighted by atomic mass is 16.5. The van der Waals surface area contributed by atoms with E-state index in [2.05, 4.69) is 6.08 Å². The zero-order valence-corrected chi connectivity index (χ0v) is 11.7. The van der Waals surface area contributed by atoms with Crippen molar-refractivity contribution < 1.29 is 14.6 Å². The lowest BCUT2D eigenvalue weighted by Crippen LogP contribution is -2.01. The molecule has 0 aromatic heterocycles. The fraction of sp³-hybridized carbons (Fsp3) is 0.353. The predicted molar refractivity (Wildman–Crippen MR) is 78.8 cm³/mol. The molecular weight excluding hydrogens is 252 g/mol. The highest BCUT2D eigenvalue weighted by molar-refractivity contribution is 5.66. The number of carboxylic acids is 1. The molecule has 0 fully saturated rings. The Morgan fingerprint density at radius 1 is 1.45 bits per heavy atom. The van der Waals surface area contributed by atoms with E-state index in [1.165, 1.54) is 0 Å².